The lowest BCUT2D eigenvalue weighted by atomic mass is 9.76. The number of hydrogen-bond donors (Lipinski definition) is 0. The van der Waals surface area contributed by atoms with Gasteiger partial charge in [-0.3, -0.25) is 14.5 Å². The van der Waals surface area contributed by atoms with Crippen LogP contribution in [0.2, 0.25) is 0 Å². The van der Waals surface area contributed by atoms with Gasteiger partial charge in [-0.05, 0) is 34.8 Å². The number of fused-ring (bicyclic) bond motifs is 1. The van der Waals surface area contributed by atoms with Gasteiger partial charge in [-0.25, -0.2) is 0 Å². The molecule has 3 heteroatoms. The number of carbonyl (C=O) groups is 2. The van der Waals surface area contributed by atoms with E-state index in [1.807, 2.05) is 6.07 Å². The Labute approximate surface area is 132 Å². The molecule has 2 amide bonds. The first-order chi connectivity index (χ1) is 10.4. The zero-order valence-corrected chi connectivity index (χ0v) is 13.6. The van der Waals surface area contributed by atoms with Crippen molar-refractivity contribution in [2.45, 2.75) is 39.7 Å². The van der Waals surface area contributed by atoms with E-state index in [1.165, 1.54) is 22.6 Å². The average Bonchev–Trinajstić information content (AvgIpc) is 2.96. The van der Waals surface area contributed by atoms with Crippen LogP contribution in [0.4, 0.5) is 0 Å². The normalized spacial score (nSPS) is 27.4. The van der Waals surface area contributed by atoms with Gasteiger partial charge in [-0.1, -0.05) is 52.0 Å². The lowest BCUT2D eigenvalue weighted by Crippen LogP contribution is -2.39. The Morgan fingerprint density at radius 3 is 1.91 bits per heavy atom. The molecule has 0 saturated heterocycles. The lowest BCUT2D eigenvalue weighted by Gasteiger charge is -2.35. The minimum Gasteiger partial charge on any atom is -0.269 e. The van der Waals surface area contributed by atoms with Crippen LogP contribution in [0.25, 0.3) is 0 Å². The summed E-state index contributed by atoms with van der Waals surface area (Å²) in [5, 5.41) is 0. The highest BCUT2D eigenvalue weighted by atomic mass is 16.2. The summed E-state index contributed by atoms with van der Waals surface area (Å²) in [6.45, 7) is 8.84. The number of imide groups is 1. The average molecular weight is 297 g/mol. The maximum Gasteiger partial charge on any atom is 0.254 e. The summed E-state index contributed by atoms with van der Waals surface area (Å²) in [4.78, 5) is 26.0. The van der Waals surface area contributed by atoms with Crippen LogP contribution in [0.15, 0.2) is 36.4 Å². The molecule has 116 valence electrons. The van der Waals surface area contributed by atoms with Gasteiger partial charge in [0.15, 0.2) is 0 Å². The Kier molecular flexibility index (Phi) is 3.67. The Morgan fingerprint density at radius 1 is 0.864 bits per heavy atom. The molecular weight excluding hydrogens is 274 g/mol. The van der Waals surface area contributed by atoms with Crippen molar-refractivity contribution in [3.05, 3.63) is 47.5 Å². The molecule has 2 aliphatic rings. The Morgan fingerprint density at radius 2 is 1.41 bits per heavy atom. The van der Waals surface area contributed by atoms with Crippen molar-refractivity contribution in [3.63, 3.8) is 0 Å². The number of benzene rings is 1. The molecule has 1 aliphatic carbocycles. The van der Waals surface area contributed by atoms with Gasteiger partial charge in [0.2, 0.25) is 0 Å². The van der Waals surface area contributed by atoms with E-state index < -0.39 is 0 Å². The quantitative estimate of drug-likeness (QED) is 0.798. The fourth-order valence-electron chi connectivity index (χ4n) is 4.27. The summed E-state index contributed by atoms with van der Waals surface area (Å²) < 4.78 is 0. The maximum atomic E-state index is 12.2. The highest BCUT2D eigenvalue weighted by Crippen LogP contribution is 2.54. The third-order valence-electron chi connectivity index (χ3n) is 5.06. The van der Waals surface area contributed by atoms with Crippen LogP contribution in [-0.2, 0) is 9.59 Å². The topological polar surface area (TPSA) is 37.4 Å². The first-order valence-corrected chi connectivity index (χ1v) is 8.07. The second-order valence-corrected chi connectivity index (χ2v) is 7.04. The number of hydrogen-bond acceptors (Lipinski definition) is 2. The number of rotatable bonds is 3. The number of nitrogens with zero attached hydrogens (tertiary/aromatic N) is 1. The first-order valence-electron chi connectivity index (χ1n) is 8.07. The van der Waals surface area contributed by atoms with Gasteiger partial charge in [-0.15, -0.1) is 0 Å². The Balaban J connectivity index is 2.15. The molecule has 1 aromatic carbocycles. The second-order valence-electron chi connectivity index (χ2n) is 7.04. The van der Waals surface area contributed by atoms with E-state index >= 15 is 0 Å². The molecular formula is C19H23NO2. The summed E-state index contributed by atoms with van der Waals surface area (Å²) in [7, 11) is 0. The van der Waals surface area contributed by atoms with Crippen LogP contribution in [0.1, 0.15) is 50.8 Å². The van der Waals surface area contributed by atoms with E-state index in [0.29, 0.717) is 17.8 Å². The smallest absolute Gasteiger partial charge is 0.254 e. The van der Waals surface area contributed by atoms with Crippen molar-refractivity contribution in [3.8, 4) is 0 Å². The van der Waals surface area contributed by atoms with Crippen molar-refractivity contribution < 1.29 is 9.59 Å². The Bertz CT molecular complexity index is 627. The van der Waals surface area contributed by atoms with E-state index in [9.17, 15) is 9.59 Å². The third kappa shape index (κ3) is 2.11. The highest BCUT2D eigenvalue weighted by Gasteiger charge is 2.48. The van der Waals surface area contributed by atoms with E-state index in [0.717, 1.165) is 5.56 Å². The molecule has 1 aromatic rings. The Hall–Kier alpha value is -1.90. The molecule has 0 fully saturated rings. The molecule has 22 heavy (non-hydrogen) atoms. The zero-order valence-electron chi connectivity index (χ0n) is 13.6. The van der Waals surface area contributed by atoms with E-state index in [1.54, 1.807) is 0 Å². The molecule has 0 unspecified atom stereocenters. The zero-order chi connectivity index (χ0) is 16.0. The van der Waals surface area contributed by atoms with Crippen LogP contribution in [0.5, 0.6) is 0 Å². The monoisotopic (exact) mass is 297 g/mol. The molecule has 0 saturated carbocycles. The highest BCUT2D eigenvalue weighted by molar-refractivity contribution is 6.13. The molecule has 0 radical (unpaired) electrons. The molecule has 0 aromatic heterocycles. The molecule has 0 N–H and O–H groups in total. The van der Waals surface area contributed by atoms with Gasteiger partial charge in [0.05, 0.1) is 6.04 Å². The van der Waals surface area contributed by atoms with Gasteiger partial charge in [0.25, 0.3) is 11.8 Å². The van der Waals surface area contributed by atoms with Crippen molar-refractivity contribution in [2.24, 2.45) is 17.8 Å². The van der Waals surface area contributed by atoms with Crippen molar-refractivity contribution in [1.82, 2.24) is 4.90 Å². The summed E-state index contributed by atoms with van der Waals surface area (Å²) >= 11 is 0. The third-order valence-corrected chi connectivity index (χ3v) is 5.06. The fourth-order valence-corrected chi connectivity index (χ4v) is 4.27. The predicted molar refractivity (Wildman–Crippen MR) is 86.1 cm³/mol. The maximum absolute atomic E-state index is 12.2. The summed E-state index contributed by atoms with van der Waals surface area (Å²) in [6, 6.07) is 8.16. The van der Waals surface area contributed by atoms with E-state index in [4.69, 9.17) is 0 Å². The number of carbonyl (C=O) groups excluding carboxylic acids is 2. The van der Waals surface area contributed by atoms with Gasteiger partial charge in [0, 0.05) is 12.2 Å². The predicted octanol–water partition coefficient (Wildman–Crippen LogP) is 3.68. The van der Waals surface area contributed by atoms with E-state index in [-0.39, 0.29) is 23.8 Å². The van der Waals surface area contributed by atoms with Crippen molar-refractivity contribution in [2.75, 3.05) is 0 Å². The SMILES string of the molecule is CC(C)[C@@H]1[C@H](N2C(=O)C=CC2=O)c2ccccc2[C@H]1C(C)C. The van der Waals surface area contributed by atoms with Crippen LogP contribution >= 0.6 is 0 Å². The van der Waals surface area contributed by atoms with Crippen LogP contribution in [0, 0.1) is 17.8 Å². The largest absolute Gasteiger partial charge is 0.269 e. The van der Waals surface area contributed by atoms with Crippen LogP contribution in [0.3, 0.4) is 0 Å². The van der Waals surface area contributed by atoms with Crippen LogP contribution in [-0.4, -0.2) is 16.7 Å². The fraction of sp³-hybridized carbons (Fsp3) is 0.474. The lowest BCUT2D eigenvalue weighted by molar-refractivity contribution is -0.141. The van der Waals surface area contributed by atoms with Crippen molar-refractivity contribution >= 4 is 11.8 Å². The molecule has 1 aliphatic heterocycles. The summed E-state index contributed by atoms with van der Waals surface area (Å²) in [5.74, 6) is 1.15. The minimum absolute atomic E-state index is 0.140. The van der Waals surface area contributed by atoms with Crippen LogP contribution < -0.4 is 0 Å². The standard InChI is InChI=1S/C19H23NO2/c1-11(2)17-13-7-5-6-8-14(13)19(18(17)12(3)4)20-15(21)9-10-16(20)22/h5-12,17-19H,1-4H3/t17-,18+,19-/m1/s1. The summed E-state index contributed by atoms with van der Waals surface area (Å²) in [5.41, 5.74) is 2.44. The second kappa shape index (κ2) is 5.38. The van der Waals surface area contributed by atoms with Gasteiger partial charge >= 0.3 is 0 Å². The minimum atomic E-state index is -0.181. The summed E-state index contributed by atoms with van der Waals surface area (Å²) in [6.07, 6.45) is 2.79. The van der Waals surface area contributed by atoms with Gasteiger partial charge in [-0.2, -0.15) is 0 Å². The number of amides is 2. The molecule has 3 rings (SSSR count). The van der Waals surface area contributed by atoms with Gasteiger partial charge < -0.3 is 0 Å². The molecule has 3 nitrogen and oxygen atoms in total. The van der Waals surface area contributed by atoms with E-state index in [2.05, 4.69) is 45.9 Å². The molecule has 0 bridgehead atoms. The first kappa shape index (κ1) is 15.0. The van der Waals surface area contributed by atoms with Gasteiger partial charge in [0.1, 0.15) is 0 Å². The molecule has 0 spiro atoms. The molecule has 3 atom stereocenters. The molecule has 1 heterocycles. The van der Waals surface area contributed by atoms with Crippen molar-refractivity contribution in [1.29, 1.82) is 0 Å².